The van der Waals surface area contributed by atoms with Crippen molar-refractivity contribution < 1.29 is 25.2 Å². The Morgan fingerprint density at radius 2 is 1.47 bits per heavy atom. The number of hydrogen-bond donors (Lipinski definition) is 0. The predicted octanol–water partition coefficient (Wildman–Crippen LogP) is 9.19. The van der Waals surface area contributed by atoms with Crippen molar-refractivity contribution in [3.8, 4) is 11.5 Å². The SMILES string of the molecule is [2H]C([2H])([2H])c1ccnc(-n2c3[c-]c(C(C)(C)c4[c-]c(-n5[cH+]n(C(C)(C)C)c6ccccc65)ccc4)ccc3c3ccccc32)c1.[Pt]. The number of rotatable bonds is 4. The van der Waals surface area contributed by atoms with E-state index in [0.29, 0.717) is 5.82 Å². The van der Waals surface area contributed by atoms with Crippen molar-refractivity contribution in [3.63, 3.8) is 0 Å². The number of hydrogen-bond acceptors (Lipinski definition) is 1. The minimum Gasteiger partial charge on any atom is -0.319 e. The monoisotopic (exact) mass is 745 g/mol. The maximum absolute atomic E-state index is 7.97. The van der Waals surface area contributed by atoms with Gasteiger partial charge in [0.05, 0.1) is 5.54 Å². The third-order valence-electron chi connectivity index (χ3n) is 8.30. The summed E-state index contributed by atoms with van der Waals surface area (Å²) >= 11 is 0. The summed E-state index contributed by atoms with van der Waals surface area (Å²) in [5.41, 5.74) is 6.86. The summed E-state index contributed by atoms with van der Waals surface area (Å²) in [7, 11) is 0. The zero-order chi connectivity index (χ0) is 31.7. The van der Waals surface area contributed by atoms with Gasteiger partial charge in [0.1, 0.15) is 5.82 Å². The fraction of sp³-hybridized carbons (Fsp3) is 0.211. The second-order valence-corrected chi connectivity index (χ2v) is 12.5. The van der Waals surface area contributed by atoms with E-state index in [-0.39, 0.29) is 32.2 Å². The number of fused-ring (bicyclic) bond motifs is 4. The molecule has 0 spiro atoms. The Labute approximate surface area is 272 Å². The fourth-order valence-corrected chi connectivity index (χ4v) is 5.98. The molecule has 0 unspecified atom stereocenters. The summed E-state index contributed by atoms with van der Waals surface area (Å²) < 4.78 is 30.5. The molecule has 218 valence electrons. The number of nitrogens with zero attached hydrogens (tertiary/aromatic N) is 4. The molecule has 0 atom stereocenters. The van der Waals surface area contributed by atoms with Crippen molar-refractivity contribution in [2.45, 2.75) is 52.4 Å². The molecule has 4 aromatic carbocycles. The molecular formula is C38H35N4Pt-. The van der Waals surface area contributed by atoms with Gasteiger partial charge in [-0.25, -0.2) is 14.1 Å². The predicted molar refractivity (Wildman–Crippen MR) is 174 cm³/mol. The van der Waals surface area contributed by atoms with Gasteiger partial charge in [0, 0.05) is 54.7 Å². The molecule has 0 N–H and O–H groups in total. The third-order valence-corrected chi connectivity index (χ3v) is 8.30. The summed E-state index contributed by atoms with van der Waals surface area (Å²) in [6.45, 7) is 8.81. The van der Waals surface area contributed by atoms with E-state index in [0.717, 1.165) is 44.1 Å². The quantitative estimate of drug-likeness (QED) is 0.165. The first-order valence-electron chi connectivity index (χ1n) is 15.8. The van der Waals surface area contributed by atoms with Crippen LogP contribution in [0, 0.1) is 19.0 Å². The van der Waals surface area contributed by atoms with Crippen LogP contribution in [0.25, 0.3) is 44.3 Å². The van der Waals surface area contributed by atoms with Crippen molar-refractivity contribution in [2.24, 2.45) is 0 Å². The summed E-state index contributed by atoms with van der Waals surface area (Å²) in [4.78, 5) is 4.62. The molecule has 7 rings (SSSR count). The van der Waals surface area contributed by atoms with Gasteiger partial charge in [0.25, 0.3) is 0 Å². The van der Waals surface area contributed by atoms with Crippen molar-refractivity contribution in [2.75, 3.05) is 0 Å². The van der Waals surface area contributed by atoms with Crippen molar-refractivity contribution in [1.82, 2.24) is 18.7 Å². The van der Waals surface area contributed by atoms with E-state index < -0.39 is 12.3 Å². The molecule has 7 aromatic rings. The van der Waals surface area contributed by atoms with Crippen molar-refractivity contribution in [1.29, 1.82) is 0 Å². The molecule has 43 heavy (non-hydrogen) atoms. The molecule has 0 aliphatic heterocycles. The first-order valence-corrected chi connectivity index (χ1v) is 14.3. The van der Waals surface area contributed by atoms with Crippen molar-refractivity contribution >= 4 is 32.8 Å². The van der Waals surface area contributed by atoms with Crippen LogP contribution in [0.3, 0.4) is 0 Å². The van der Waals surface area contributed by atoms with Crippen LogP contribution in [0.4, 0.5) is 0 Å². The Bertz CT molecular complexity index is 2240. The molecule has 0 amide bonds. The molecule has 0 saturated heterocycles. The maximum atomic E-state index is 7.97. The summed E-state index contributed by atoms with van der Waals surface area (Å²) in [5.74, 6) is 0.557. The van der Waals surface area contributed by atoms with Gasteiger partial charge >= 0.3 is 0 Å². The number of aromatic nitrogens is 4. The first kappa shape index (κ1) is 25.5. The van der Waals surface area contributed by atoms with E-state index in [1.807, 2.05) is 22.8 Å². The molecule has 0 saturated carbocycles. The minimum absolute atomic E-state index is 0. The molecule has 0 fully saturated rings. The van der Waals surface area contributed by atoms with Crippen LogP contribution in [0.15, 0.2) is 104 Å². The van der Waals surface area contributed by atoms with Crippen molar-refractivity contribution in [3.05, 3.63) is 132 Å². The Morgan fingerprint density at radius 3 is 2.23 bits per heavy atom. The van der Waals surface area contributed by atoms with E-state index >= 15 is 0 Å². The van der Waals surface area contributed by atoms with Crippen LogP contribution in [0.5, 0.6) is 0 Å². The Hall–Kier alpha value is -4.01. The van der Waals surface area contributed by atoms with E-state index in [1.54, 1.807) is 18.3 Å². The second kappa shape index (κ2) is 10.6. The maximum Gasteiger partial charge on any atom is 0.188 e. The molecular weight excluding hydrogens is 708 g/mol. The number of benzene rings is 4. The van der Waals surface area contributed by atoms with Crippen LogP contribution in [0.2, 0.25) is 0 Å². The fourth-order valence-electron chi connectivity index (χ4n) is 5.98. The van der Waals surface area contributed by atoms with Gasteiger partial charge in [0.2, 0.25) is 0 Å². The van der Waals surface area contributed by atoms with Gasteiger partial charge < -0.3 is 4.57 Å². The molecule has 5 heteroatoms. The van der Waals surface area contributed by atoms with Gasteiger partial charge in [-0.3, -0.25) is 0 Å². The smallest absolute Gasteiger partial charge is 0.188 e. The largest absolute Gasteiger partial charge is 0.319 e. The Kier molecular flexibility index (Phi) is 6.29. The molecule has 0 aliphatic carbocycles. The summed E-state index contributed by atoms with van der Waals surface area (Å²) in [6.07, 6.45) is 3.74. The standard InChI is InChI=1S/C38H35N4.Pt/c1-26-20-21-39-36(22-26)42-32-15-8-7-14-30(32)31-19-18-28(24-35(31)42)38(5,6)27-12-11-13-29(23-27)40-25-41(37(2,3)4)34-17-10-9-16-33(34)40;/h7-22,25H,1-6H3;/q-1;/i1D3;. The molecule has 0 aliphatic rings. The van der Waals surface area contributed by atoms with Crippen LogP contribution < -0.4 is 0 Å². The molecule has 3 heterocycles. The molecule has 0 radical (unpaired) electrons. The molecule has 0 bridgehead atoms. The van der Waals surface area contributed by atoms with E-state index in [9.17, 15) is 0 Å². The number of aryl methyl sites for hydroxylation is 1. The zero-order valence-corrected chi connectivity index (χ0v) is 27.2. The van der Waals surface area contributed by atoms with Gasteiger partial charge in [-0.2, -0.15) is 35.9 Å². The number of pyridine rings is 1. The Balaban J connectivity index is 0.00000372. The van der Waals surface area contributed by atoms with Gasteiger partial charge in [0.15, 0.2) is 17.4 Å². The second-order valence-electron chi connectivity index (χ2n) is 12.5. The number of para-hydroxylation sites is 3. The van der Waals surface area contributed by atoms with Crippen LogP contribution >= 0.6 is 0 Å². The molecule has 3 aromatic heterocycles. The Morgan fingerprint density at radius 1 is 0.744 bits per heavy atom. The third kappa shape index (κ3) is 4.82. The van der Waals surface area contributed by atoms with E-state index in [1.165, 1.54) is 5.52 Å². The van der Waals surface area contributed by atoms with Crippen LogP contribution in [0.1, 0.15) is 55.4 Å². The van der Waals surface area contributed by atoms with Gasteiger partial charge in [-0.15, -0.1) is 23.1 Å². The topological polar surface area (TPSA) is 27.7 Å². The van der Waals surface area contributed by atoms with Gasteiger partial charge in [-0.05, 0) is 74.3 Å². The van der Waals surface area contributed by atoms with E-state index in [4.69, 9.17) is 4.11 Å². The first-order chi connectivity index (χ1) is 21.3. The zero-order valence-electron chi connectivity index (χ0n) is 27.9. The normalized spacial score (nSPS) is 13.6. The summed E-state index contributed by atoms with van der Waals surface area (Å²) in [6, 6.07) is 37.9. The van der Waals surface area contributed by atoms with E-state index in [2.05, 4.69) is 128 Å². The van der Waals surface area contributed by atoms with Crippen LogP contribution in [-0.4, -0.2) is 18.7 Å². The summed E-state index contributed by atoms with van der Waals surface area (Å²) in [5, 5.41) is 2.10. The molecule has 4 nitrogen and oxygen atoms in total. The number of imidazole rings is 1. The van der Waals surface area contributed by atoms with Gasteiger partial charge in [-0.1, -0.05) is 37.6 Å². The average Bonchev–Trinajstić information content (AvgIpc) is 3.57. The van der Waals surface area contributed by atoms with Crippen LogP contribution in [-0.2, 0) is 32.0 Å². The minimum atomic E-state index is -2.23. The average molecular weight is 746 g/mol.